The van der Waals surface area contributed by atoms with Gasteiger partial charge in [-0.2, -0.15) is 9.90 Å². The van der Waals surface area contributed by atoms with E-state index in [0.717, 1.165) is 0 Å². The van der Waals surface area contributed by atoms with E-state index < -0.39 is 17.5 Å². The van der Waals surface area contributed by atoms with Gasteiger partial charge >= 0.3 is 5.97 Å². The number of aliphatic hydroxyl groups excluding tert-OH is 1. The molecule has 0 unspecified atom stereocenters. The van der Waals surface area contributed by atoms with Crippen molar-refractivity contribution in [1.29, 1.82) is 0 Å². The number of carbonyl (C=O) groups excluding carboxylic acids is 1. The van der Waals surface area contributed by atoms with Gasteiger partial charge in [0.2, 0.25) is 11.5 Å². The molecule has 0 amide bonds. The van der Waals surface area contributed by atoms with Crippen molar-refractivity contribution in [3.05, 3.63) is 53.8 Å². The summed E-state index contributed by atoms with van der Waals surface area (Å²) in [6, 6.07) is 5.36. The molecule has 0 fully saturated rings. The smallest absolute Gasteiger partial charge is 0.371 e. The van der Waals surface area contributed by atoms with Crippen LogP contribution < -0.4 is 0 Å². The largest absolute Gasteiger partial charge is 0.502 e. The number of pyridine rings is 1. The number of rotatable bonds is 5. The van der Waals surface area contributed by atoms with Gasteiger partial charge in [-0.25, -0.2) is 4.79 Å². The summed E-state index contributed by atoms with van der Waals surface area (Å²) in [7, 11) is 0. The van der Waals surface area contributed by atoms with E-state index in [-0.39, 0.29) is 12.2 Å². The molecule has 0 aliphatic rings. The first-order chi connectivity index (χ1) is 9.56. The minimum Gasteiger partial charge on any atom is -0.502 e. The van der Waals surface area contributed by atoms with Crippen LogP contribution in [0.25, 0.3) is 0 Å². The summed E-state index contributed by atoms with van der Waals surface area (Å²) in [6.07, 6.45) is 3.40. The van der Waals surface area contributed by atoms with Crippen molar-refractivity contribution >= 4 is 11.8 Å². The first-order valence-electron chi connectivity index (χ1n) is 5.54. The molecule has 0 saturated carbocycles. The molecular weight excluding hydrogens is 264 g/mol. The van der Waals surface area contributed by atoms with Crippen molar-refractivity contribution in [3.8, 4) is 0 Å². The monoisotopic (exact) mass is 274 g/mol. The number of aliphatic hydroxyl groups is 1. The van der Waals surface area contributed by atoms with Gasteiger partial charge in [-0.05, 0) is 12.1 Å². The van der Waals surface area contributed by atoms with E-state index in [0.29, 0.717) is 11.8 Å². The fraction of sp³-hybridized carbons (Fsp3) is 0.0833. The number of ketones is 1. The maximum absolute atomic E-state index is 11.6. The van der Waals surface area contributed by atoms with Crippen molar-refractivity contribution in [3.63, 3.8) is 0 Å². The second-order valence-corrected chi connectivity index (χ2v) is 3.78. The van der Waals surface area contributed by atoms with E-state index in [9.17, 15) is 9.59 Å². The first-order valence-corrected chi connectivity index (χ1v) is 5.54. The van der Waals surface area contributed by atoms with Crippen molar-refractivity contribution in [2.45, 2.75) is 6.54 Å². The van der Waals surface area contributed by atoms with Gasteiger partial charge in [0.25, 0.3) is 0 Å². The third-order valence-corrected chi connectivity index (χ3v) is 2.31. The summed E-state index contributed by atoms with van der Waals surface area (Å²) in [5, 5.41) is 25.2. The number of aromatic nitrogens is 4. The molecule has 2 heterocycles. The van der Waals surface area contributed by atoms with Crippen LogP contribution in [0.3, 0.4) is 0 Å². The lowest BCUT2D eigenvalue weighted by atomic mass is 10.2. The van der Waals surface area contributed by atoms with Crippen LogP contribution >= 0.6 is 0 Å². The van der Waals surface area contributed by atoms with Gasteiger partial charge in [0.15, 0.2) is 5.69 Å². The predicted molar refractivity (Wildman–Crippen MR) is 66.0 cm³/mol. The molecule has 0 aliphatic carbocycles. The molecule has 2 N–H and O–H groups in total. The molecule has 0 atom stereocenters. The Bertz CT molecular complexity index is 663. The molecule has 102 valence electrons. The number of hydrogen-bond donors (Lipinski definition) is 2. The lowest BCUT2D eigenvalue weighted by Crippen LogP contribution is -2.07. The average molecular weight is 274 g/mol. The molecule has 20 heavy (non-hydrogen) atoms. The number of carbonyl (C=O) groups is 2. The molecule has 0 aliphatic heterocycles. The molecule has 2 rings (SSSR count). The quantitative estimate of drug-likeness (QED) is 0.461. The Morgan fingerprint density at radius 2 is 2.10 bits per heavy atom. The lowest BCUT2D eigenvalue weighted by Gasteiger charge is -1.98. The zero-order valence-electron chi connectivity index (χ0n) is 10.2. The first kappa shape index (κ1) is 13.4. The Kier molecular flexibility index (Phi) is 3.85. The molecule has 0 radical (unpaired) electrons. The molecule has 2 aromatic heterocycles. The third kappa shape index (κ3) is 3.25. The molecule has 2 aromatic rings. The standard InChI is InChI=1S/C12H10N4O4/c17-10(5-11(18)12(19)20)9-6-14-16(15-9)7-8-3-1-2-4-13-8/h1-6,18H,7H2,(H,19,20)/b11-5-. The highest BCUT2D eigenvalue weighted by molar-refractivity contribution is 6.06. The van der Waals surface area contributed by atoms with Crippen LogP contribution in [0.5, 0.6) is 0 Å². The number of hydrogen-bond acceptors (Lipinski definition) is 6. The van der Waals surface area contributed by atoms with Gasteiger partial charge in [0, 0.05) is 12.3 Å². The van der Waals surface area contributed by atoms with Gasteiger partial charge in [-0.3, -0.25) is 9.78 Å². The molecule has 0 spiro atoms. The zero-order chi connectivity index (χ0) is 14.5. The van der Waals surface area contributed by atoms with Gasteiger partial charge in [0.1, 0.15) is 6.54 Å². The summed E-state index contributed by atoms with van der Waals surface area (Å²) < 4.78 is 0. The highest BCUT2D eigenvalue weighted by Crippen LogP contribution is 2.01. The van der Waals surface area contributed by atoms with E-state index in [1.54, 1.807) is 18.3 Å². The summed E-state index contributed by atoms with van der Waals surface area (Å²) in [4.78, 5) is 27.3. The number of allylic oxidation sites excluding steroid dienone is 1. The Balaban J connectivity index is 2.11. The van der Waals surface area contributed by atoms with Gasteiger partial charge in [0.05, 0.1) is 11.9 Å². The van der Waals surface area contributed by atoms with Crippen molar-refractivity contribution in [2.24, 2.45) is 0 Å². The van der Waals surface area contributed by atoms with Gasteiger partial charge < -0.3 is 10.2 Å². The van der Waals surface area contributed by atoms with Crippen LogP contribution in [0.2, 0.25) is 0 Å². The summed E-state index contributed by atoms with van der Waals surface area (Å²) in [5.41, 5.74) is 0.653. The van der Waals surface area contributed by atoms with E-state index in [1.807, 2.05) is 6.07 Å². The van der Waals surface area contributed by atoms with Crippen LogP contribution in [-0.2, 0) is 11.3 Å². The second kappa shape index (κ2) is 5.74. The van der Waals surface area contributed by atoms with E-state index in [1.165, 1.54) is 11.0 Å². The number of carboxylic acids is 1. The van der Waals surface area contributed by atoms with Crippen molar-refractivity contribution in [1.82, 2.24) is 20.0 Å². The molecule has 0 bridgehead atoms. The minimum atomic E-state index is -1.58. The Hall–Kier alpha value is -3.03. The van der Waals surface area contributed by atoms with E-state index >= 15 is 0 Å². The fourth-order valence-corrected chi connectivity index (χ4v) is 1.38. The predicted octanol–water partition coefficient (Wildman–Crippen LogP) is 0.431. The van der Waals surface area contributed by atoms with E-state index in [2.05, 4.69) is 15.2 Å². The Morgan fingerprint density at radius 3 is 2.75 bits per heavy atom. The average Bonchev–Trinajstić information content (AvgIpc) is 2.88. The van der Waals surface area contributed by atoms with Crippen LogP contribution in [0, 0.1) is 0 Å². The van der Waals surface area contributed by atoms with Crippen molar-refractivity contribution in [2.75, 3.05) is 0 Å². The summed E-state index contributed by atoms with van der Waals surface area (Å²) in [5.74, 6) is -3.37. The SMILES string of the molecule is O=C(O)/C(O)=C/C(=O)c1cnn(Cc2ccccn2)n1. The van der Waals surface area contributed by atoms with Crippen LogP contribution in [0.4, 0.5) is 0 Å². The van der Waals surface area contributed by atoms with Crippen LogP contribution in [0.15, 0.2) is 42.4 Å². The number of aliphatic carboxylic acids is 1. The van der Waals surface area contributed by atoms with Crippen LogP contribution in [-0.4, -0.2) is 41.9 Å². The Labute approximate surface area is 113 Å². The molecular formula is C12H10N4O4. The maximum Gasteiger partial charge on any atom is 0.371 e. The van der Waals surface area contributed by atoms with Gasteiger partial charge in [-0.1, -0.05) is 6.07 Å². The second-order valence-electron chi connectivity index (χ2n) is 3.78. The Morgan fingerprint density at radius 1 is 1.30 bits per heavy atom. The van der Waals surface area contributed by atoms with Gasteiger partial charge in [-0.15, -0.1) is 5.10 Å². The highest BCUT2D eigenvalue weighted by Gasteiger charge is 2.13. The normalized spacial score (nSPS) is 11.3. The van der Waals surface area contributed by atoms with Crippen LogP contribution in [0.1, 0.15) is 16.2 Å². The topological polar surface area (TPSA) is 118 Å². The third-order valence-electron chi connectivity index (χ3n) is 2.31. The summed E-state index contributed by atoms with van der Waals surface area (Å²) in [6.45, 7) is 0.281. The number of nitrogens with zero attached hydrogens (tertiary/aromatic N) is 4. The highest BCUT2D eigenvalue weighted by atomic mass is 16.4. The fourth-order valence-electron chi connectivity index (χ4n) is 1.38. The number of carboxylic acid groups (broad SMARTS) is 1. The minimum absolute atomic E-state index is 0.0614. The maximum atomic E-state index is 11.6. The molecule has 0 saturated heterocycles. The lowest BCUT2D eigenvalue weighted by molar-refractivity contribution is -0.135. The van der Waals surface area contributed by atoms with Crippen molar-refractivity contribution < 1.29 is 19.8 Å². The van der Waals surface area contributed by atoms with E-state index in [4.69, 9.17) is 10.2 Å². The molecule has 0 aromatic carbocycles. The zero-order valence-corrected chi connectivity index (χ0v) is 10.2. The molecule has 8 nitrogen and oxygen atoms in total. The summed E-state index contributed by atoms with van der Waals surface area (Å²) >= 11 is 0. The molecule has 8 heteroatoms.